The van der Waals surface area contributed by atoms with Gasteiger partial charge in [-0.25, -0.2) is 13.8 Å². The molecule has 1 aliphatic rings. The van der Waals surface area contributed by atoms with Crippen molar-refractivity contribution in [2.24, 2.45) is 5.92 Å². The Hall–Kier alpha value is -2.52. The van der Waals surface area contributed by atoms with E-state index in [9.17, 15) is 13.6 Å². The quantitative estimate of drug-likeness (QED) is 0.460. The van der Waals surface area contributed by atoms with Crippen molar-refractivity contribution in [1.29, 1.82) is 0 Å². The fraction of sp³-hybridized carbons (Fsp3) is 0.211. The van der Waals surface area contributed by atoms with Crippen LogP contribution < -0.4 is 5.32 Å². The van der Waals surface area contributed by atoms with Crippen LogP contribution in [0, 0.1) is 11.7 Å². The summed E-state index contributed by atoms with van der Waals surface area (Å²) in [4.78, 5) is 16.9. The van der Waals surface area contributed by atoms with Crippen LogP contribution in [0.1, 0.15) is 6.42 Å². The summed E-state index contributed by atoms with van der Waals surface area (Å²) in [5, 5.41) is 10.8. The lowest BCUT2D eigenvalue weighted by atomic mass is 10.0. The second-order valence-electron chi connectivity index (χ2n) is 6.65. The Kier molecular flexibility index (Phi) is 4.09. The Balaban J connectivity index is 1.58. The third-order valence-corrected chi connectivity index (χ3v) is 6.55. The molecule has 0 aliphatic heterocycles. The summed E-state index contributed by atoms with van der Waals surface area (Å²) in [6.45, 7) is 0. The number of H-pyrrole nitrogens is 1. The van der Waals surface area contributed by atoms with Crippen molar-refractivity contribution in [1.82, 2.24) is 15.2 Å². The number of hydrogen-bond donors (Lipinski definition) is 2. The number of rotatable bonds is 4. The van der Waals surface area contributed by atoms with E-state index in [0.717, 1.165) is 26.7 Å². The highest BCUT2D eigenvalue weighted by atomic mass is 32.2. The van der Waals surface area contributed by atoms with E-state index < -0.39 is 12.1 Å². The molecule has 1 amide bonds. The topological polar surface area (TPSA) is 70.7 Å². The number of hydrogen-bond acceptors (Lipinski definition) is 5. The Morgan fingerprint density at radius 2 is 2.21 bits per heavy atom. The first-order chi connectivity index (χ1) is 13.5. The normalized spacial score (nSPS) is 18.7. The van der Waals surface area contributed by atoms with Crippen molar-refractivity contribution in [3.63, 3.8) is 0 Å². The summed E-state index contributed by atoms with van der Waals surface area (Å²) in [5.41, 5.74) is 2.97. The van der Waals surface area contributed by atoms with E-state index in [4.69, 9.17) is 0 Å². The molecule has 2 N–H and O–H groups in total. The van der Waals surface area contributed by atoms with Crippen molar-refractivity contribution in [2.45, 2.75) is 17.5 Å². The zero-order chi connectivity index (χ0) is 19.4. The number of nitrogens with zero attached hydrogens (tertiary/aromatic N) is 2. The number of benzene rings is 2. The average Bonchev–Trinajstić information content (AvgIpc) is 3.05. The molecular formula is C19H14F2N4OS2. The van der Waals surface area contributed by atoms with Gasteiger partial charge in [-0.2, -0.15) is 5.10 Å². The van der Waals surface area contributed by atoms with Crippen molar-refractivity contribution in [3.8, 4) is 11.1 Å². The fourth-order valence-electron chi connectivity index (χ4n) is 3.29. The number of thioether (sulfide) groups is 1. The lowest BCUT2D eigenvalue weighted by Gasteiger charge is -2.10. The van der Waals surface area contributed by atoms with Gasteiger partial charge in [0.15, 0.2) is 5.13 Å². The first kappa shape index (κ1) is 17.6. The number of carbonyl (C=O) groups is 1. The minimum atomic E-state index is -1.05. The van der Waals surface area contributed by atoms with Crippen LogP contribution in [0.3, 0.4) is 0 Å². The van der Waals surface area contributed by atoms with Gasteiger partial charge in [0.2, 0.25) is 5.91 Å². The monoisotopic (exact) mass is 416 g/mol. The van der Waals surface area contributed by atoms with Crippen molar-refractivity contribution in [3.05, 3.63) is 36.3 Å². The molecule has 2 aromatic carbocycles. The van der Waals surface area contributed by atoms with E-state index in [1.165, 1.54) is 29.2 Å². The predicted octanol–water partition coefficient (Wildman–Crippen LogP) is 5.00. The maximum absolute atomic E-state index is 14.6. The second kappa shape index (κ2) is 6.52. The van der Waals surface area contributed by atoms with Crippen LogP contribution in [0.25, 0.3) is 32.2 Å². The SMILES string of the molecule is CSc1c(F)cc2[nH]ncc2c1-c1ccc2nc(NC(=O)[C@@H]3C[C@@H]3F)sc2c1. The van der Waals surface area contributed by atoms with E-state index in [1.54, 1.807) is 6.20 Å². The number of fused-ring (bicyclic) bond motifs is 2. The molecule has 5 nitrogen and oxygen atoms in total. The molecule has 9 heteroatoms. The minimum absolute atomic E-state index is 0.276. The molecule has 142 valence electrons. The number of aromatic amines is 1. The number of alkyl halides is 1. The van der Waals surface area contributed by atoms with E-state index in [-0.39, 0.29) is 18.1 Å². The molecular weight excluding hydrogens is 402 g/mol. The van der Waals surface area contributed by atoms with Crippen LogP contribution in [0.5, 0.6) is 0 Å². The number of halogens is 2. The summed E-state index contributed by atoms with van der Waals surface area (Å²) in [7, 11) is 0. The smallest absolute Gasteiger partial charge is 0.232 e. The average molecular weight is 416 g/mol. The molecule has 0 unspecified atom stereocenters. The molecule has 1 fully saturated rings. The van der Waals surface area contributed by atoms with Gasteiger partial charge in [0.1, 0.15) is 12.0 Å². The molecule has 1 saturated carbocycles. The maximum atomic E-state index is 14.6. The number of thiazole rings is 1. The standard InChI is InChI=1S/C19H14F2N4OS2/c1-27-17-12(21)6-14-10(7-22-25-14)16(17)8-2-3-13-15(4-8)28-19(23-13)24-18(26)9-5-11(9)20/h2-4,6-7,9,11H,5H2,1H3,(H,22,25)(H,23,24,26)/t9-,11+/m1/s1. The van der Waals surface area contributed by atoms with E-state index >= 15 is 0 Å². The highest BCUT2D eigenvalue weighted by molar-refractivity contribution is 7.98. The van der Waals surface area contributed by atoms with Gasteiger partial charge in [-0.1, -0.05) is 17.4 Å². The van der Waals surface area contributed by atoms with E-state index in [1.807, 2.05) is 24.5 Å². The zero-order valence-electron chi connectivity index (χ0n) is 14.6. The first-order valence-electron chi connectivity index (χ1n) is 8.60. The molecule has 0 radical (unpaired) electrons. The Morgan fingerprint density at radius 1 is 1.39 bits per heavy atom. The molecule has 5 rings (SSSR count). The first-order valence-corrected chi connectivity index (χ1v) is 10.6. The Morgan fingerprint density at radius 3 is 2.96 bits per heavy atom. The van der Waals surface area contributed by atoms with Gasteiger partial charge < -0.3 is 5.32 Å². The number of anilines is 1. The molecule has 0 saturated heterocycles. The number of nitrogens with one attached hydrogen (secondary N) is 2. The number of carbonyl (C=O) groups excluding carboxylic acids is 1. The van der Waals surface area contributed by atoms with Gasteiger partial charge in [-0.3, -0.25) is 9.89 Å². The molecule has 28 heavy (non-hydrogen) atoms. The van der Waals surface area contributed by atoms with Crippen molar-refractivity contribution in [2.75, 3.05) is 11.6 Å². The van der Waals surface area contributed by atoms with E-state index in [2.05, 4.69) is 20.5 Å². The van der Waals surface area contributed by atoms with Gasteiger partial charge in [-0.15, -0.1) is 11.8 Å². The van der Waals surface area contributed by atoms with Gasteiger partial charge in [-0.05, 0) is 30.4 Å². The number of aromatic nitrogens is 3. The predicted molar refractivity (Wildman–Crippen MR) is 108 cm³/mol. The largest absolute Gasteiger partial charge is 0.302 e. The van der Waals surface area contributed by atoms with Crippen molar-refractivity contribution < 1.29 is 13.6 Å². The highest BCUT2D eigenvalue weighted by Gasteiger charge is 2.43. The molecule has 4 aromatic rings. The molecule has 1 aliphatic carbocycles. The summed E-state index contributed by atoms with van der Waals surface area (Å²) in [6.07, 6.45) is 2.76. The lowest BCUT2D eigenvalue weighted by Crippen LogP contribution is -2.14. The Bertz CT molecular complexity index is 1240. The maximum Gasteiger partial charge on any atom is 0.232 e. The van der Waals surface area contributed by atoms with Crippen molar-refractivity contribution >= 4 is 55.3 Å². The van der Waals surface area contributed by atoms with Crippen LogP contribution in [0.2, 0.25) is 0 Å². The minimum Gasteiger partial charge on any atom is -0.302 e. The van der Waals surface area contributed by atoms with Gasteiger partial charge >= 0.3 is 0 Å². The van der Waals surface area contributed by atoms with E-state index in [0.29, 0.717) is 15.5 Å². The molecule has 0 spiro atoms. The zero-order valence-corrected chi connectivity index (χ0v) is 16.3. The third kappa shape index (κ3) is 2.85. The molecule has 2 heterocycles. The Labute approximate surface area is 166 Å². The van der Waals surface area contributed by atoms with Crippen LogP contribution in [0.4, 0.5) is 13.9 Å². The fourth-order valence-corrected chi connectivity index (χ4v) is 4.89. The summed E-state index contributed by atoms with van der Waals surface area (Å²) >= 11 is 2.66. The second-order valence-corrected chi connectivity index (χ2v) is 8.49. The van der Waals surface area contributed by atoms with Crippen LogP contribution >= 0.6 is 23.1 Å². The summed E-state index contributed by atoms with van der Waals surface area (Å²) in [6, 6.07) is 7.10. The van der Waals surface area contributed by atoms with Gasteiger partial charge in [0, 0.05) is 17.0 Å². The van der Waals surface area contributed by atoms with Gasteiger partial charge in [0.25, 0.3) is 0 Å². The van der Waals surface area contributed by atoms with Gasteiger partial charge in [0.05, 0.1) is 32.7 Å². The molecule has 0 bridgehead atoms. The highest BCUT2D eigenvalue weighted by Crippen LogP contribution is 2.40. The lowest BCUT2D eigenvalue weighted by molar-refractivity contribution is -0.117. The summed E-state index contributed by atoms with van der Waals surface area (Å²) < 4.78 is 28.5. The molecule has 2 atom stereocenters. The molecule has 2 aromatic heterocycles. The van der Waals surface area contributed by atoms with Crippen LogP contribution in [-0.2, 0) is 4.79 Å². The van der Waals surface area contributed by atoms with Crippen LogP contribution in [0.15, 0.2) is 35.4 Å². The van der Waals surface area contributed by atoms with Crippen LogP contribution in [-0.4, -0.2) is 33.5 Å². The number of amides is 1. The third-order valence-electron chi connectivity index (χ3n) is 4.81. The summed E-state index contributed by atoms with van der Waals surface area (Å²) in [5.74, 6) is -1.20.